The minimum Gasteiger partial charge on any atom is -0.340 e. The van der Waals surface area contributed by atoms with E-state index in [1.54, 1.807) is 7.05 Å². The third kappa shape index (κ3) is 5.60. The predicted molar refractivity (Wildman–Crippen MR) is 138 cm³/mol. The average molecular weight is 467 g/mol. The van der Waals surface area contributed by atoms with Gasteiger partial charge in [0, 0.05) is 46.3 Å². The molecule has 0 amide bonds. The predicted octanol–water partition coefficient (Wildman–Crippen LogP) is 3.50. The lowest BCUT2D eigenvalue weighted by Gasteiger charge is -2.35. The number of hydrogen-bond donors (Lipinski definition) is 1. The zero-order valence-electron chi connectivity index (χ0n) is 20.6. The first-order valence-electron chi connectivity index (χ1n) is 12.8. The Morgan fingerprint density at radius 2 is 1.59 bits per heavy atom. The van der Waals surface area contributed by atoms with Crippen LogP contribution in [0.25, 0.3) is 11.2 Å². The molecule has 1 aromatic carbocycles. The topological polar surface area (TPSA) is 79.2 Å². The van der Waals surface area contributed by atoms with E-state index < -0.39 is 5.69 Å². The van der Waals surface area contributed by atoms with Crippen LogP contribution in [-0.4, -0.2) is 50.2 Å². The highest BCUT2D eigenvalue weighted by molar-refractivity contribution is 5.74. The maximum Gasteiger partial charge on any atom is 0.329 e. The minimum absolute atomic E-state index is 0.345. The van der Waals surface area contributed by atoms with E-state index in [1.165, 1.54) is 42.2 Å². The normalized spacial score (nSPS) is 14.8. The minimum atomic E-state index is -0.419. The molecule has 1 aliphatic rings. The molecule has 1 saturated heterocycles. The smallest absolute Gasteiger partial charge is 0.329 e. The van der Waals surface area contributed by atoms with Gasteiger partial charge in [-0.15, -0.1) is 0 Å². The second kappa shape index (κ2) is 11.5. The van der Waals surface area contributed by atoms with E-state index >= 15 is 0 Å². The van der Waals surface area contributed by atoms with Crippen molar-refractivity contribution in [3.05, 3.63) is 56.7 Å². The highest BCUT2D eigenvalue weighted by Crippen LogP contribution is 2.22. The summed E-state index contributed by atoms with van der Waals surface area (Å²) in [5.41, 5.74) is 1.54. The van der Waals surface area contributed by atoms with Crippen molar-refractivity contribution < 1.29 is 0 Å². The number of aromatic amines is 1. The van der Waals surface area contributed by atoms with Gasteiger partial charge in [0.1, 0.15) is 0 Å². The first-order valence-corrected chi connectivity index (χ1v) is 12.8. The van der Waals surface area contributed by atoms with Crippen LogP contribution in [0, 0.1) is 0 Å². The third-order valence-electron chi connectivity index (χ3n) is 6.88. The third-order valence-corrected chi connectivity index (χ3v) is 6.88. The van der Waals surface area contributed by atoms with Gasteiger partial charge in [0.15, 0.2) is 11.2 Å². The Morgan fingerprint density at radius 1 is 0.912 bits per heavy atom. The Bertz CT molecular complexity index is 1170. The maximum absolute atomic E-state index is 12.8. The number of anilines is 1. The quantitative estimate of drug-likeness (QED) is 0.438. The fourth-order valence-corrected chi connectivity index (χ4v) is 4.85. The van der Waals surface area contributed by atoms with E-state index in [0.717, 1.165) is 58.1 Å². The SMILES string of the molecule is CCCCCCCCCn1c(N2CCN(Cc3ccccc3)CC2)nc2c1c(=O)[nH]c(=O)n2C. The standard InChI is InChI=1S/C26H38N6O2/c1-3-4-5-6-7-8-12-15-32-22-23(29(2)26(34)28-24(22)33)27-25(32)31-18-16-30(17-19-31)20-21-13-10-9-11-14-21/h9-11,13-14H,3-8,12,15-20H2,1-2H3,(H,28,33,34). The van der Waals surface area contributed by atoms with Gasteiger partial charge in [-0.3, -0.25) is 19.2 Å². The van der Waals surface area contributed by atoms with Crippen LogP contribution in [0.3, 0.4) is 0 Å². The molecule has 1 fully saturated rings. The molecule has 0 atom stereocenters. The van der Waals surface area contributed by atoms with E-state index in [4.69, 9.17) is 4.98 Å². The number of fused-ring (bicyclic) bond motifs is 1. The van der Waals surface area contributed by atoms with Crippen LogP contribution in [0.5, 0.6) is 0 Å². The van der Waals surface area contributed by atoms with Gasteiger partial charge in [-0.25, -0.2) is 4.79 Å². The number of hydrogen-bond acceptors (Lipinski definition) is 5. The van der Waals surface area contributed by atoms with Gasteiger partial charge in [-0.05, 0) is 12.0 Å². The van der Waals surface area contributed by atoms with E-state index in [1.807, 2.05) is 10.6 Å². The molecule has 3 heterocycles. The van der Waals surface area contributed by atoms with Gasteiger partial charge in [-0.1, -0.05) is 75.8 Å². The van der Waals surface area contributed by atoms with Crippen LogP contribution < -0.4 is 16.1 Å². The maximum atomic E-state index is 12.8. The highest BCUT2D eigenvalue weighted by Gasteiger charge is 2.24. The molecular formula is C26H38N6O2. The van der Waals surface area contributed by atoms with Crippen LogP contribution >= 0.6 is 0 Å². The molecule has 0 unspecified atom stereocenters. The van der Waals surface area contributed by atoms with E-state index in [2.05, 4.69) is 46.0 Å². The molecule has 8 heteroatoms. The first-order chi connectivity index (χ1) is 16.6. The molecule has 184 valence electrons. The fourth-order valence-electron chi connectivity index (χ4n) is 4.85. The van der Waals surface area contributed by atoms with Gasteiger partial charge in [0.25, 0.3) is 5.56 Å². The molecule has 0 bridgehead atoms. The molecule has 1 aliphatic heterocycles. The summed E-state index contributed by atoms with van der Waals surface area (Å²) in [5.74, 6) is 0.812. The second-order valence-electron chi connectivity index (χ2n) is 9.42. The number of imidazole rings is 1. The van der Waals surface area contributed by atoms with Crippen LogP contribution in [0.15, 0.2) is 39.9 Å². The number of aromatic nitrogens is 4. The van der Waals surface area contributed by atoms with Crippen molar-refractivity contribution in [1.29, 1.82) is 0 Å². The largest absolute Gasteiger partial charge is 0.340 e. The lowest BCUT2D eigenvalue weighted by Crippen LogP contribution is -2.46. The van der Waals surface area contributed by atoms with E-state index in [9.17, 15) is 9.59 Å². The summed E-state index contributed by atoms with van der Waals surface area (Å²) in [6.45, 7) is 7.48. The summed E-state index contributed by atoms with van der Waals surface area (Å²) < 4.78 is 3.50. The molecule has 8 nitrogen and oxygen atoms in total. The monoisotopic (exact) mass is 466 g/mol. The number of unbranched alkanes of at least 4 members (excludes halogenated alkanes) is 6. The van der Waals surface area contributed by atoms with Gasteiger partial charge in [0.2, 0.25) is 5.95 Å². The molecule has 2 aromatic heterocycles. The van der Waals surface area contributed by atoms with Gasteiger partial charge in [0.05, 0.1) is 0 Å². The van der Waals surface area contributed by atoms with Crippen LogP contribution in [0.2, 0.25) is 0 Å². The van der Waals surface area contributed by atoms with Gasteiger partial charge >= 0.3 is 5.69 Å². The van der Waals surface area contributed by atoms with Crippen molar-refractivity contribution in [2.45, 2.75) is 65.0 Å². The number of piperazine rings is 1. The molecule has 4 rings (SSSR count). The molecule has 0 spiro atoms. The van der Waals surface area contributed by atoms with E-state index in [0.29, 0.717) is 11.2 Å². The van der Waals surface area contributed by atoms with Crippen molar-refractivity contribution in [1.82, 2.24) is 24.0 Å². The Labute approximate surface area is 201 Å². The van der Waals surface area contributed by atoms with Crippen molar-refractivity contribution in [3.8, 4) is 0 Å². The molecule has 0 saturated carbocycles. The summed E-state index contributed by atoms with van der Waals surface area (Å²) in [6, 6.07) is 10.5. The zero-order chi connectivity index (χ0) is 23.9. The van der Waals surface area contributed by atoms with Gasteiger partial charge < -0.3 is 9.47 Å². The van der Waals surface area contributed by atoms with E-state index in [-0.39, 0.29) is 5.56 Å². The van der Waals surface area contributed by atoms with Crippen LogP contribution in [0.4, 0.5) is 5.95 Å². The molecule has 34 heavy (non-hydrogen) atoms. The summed E-state index contributed by atoms with van der Waals surface area (Å²) >= 11 is 0. The highest BCUT2D eigenvalue weighted by atomic mass is 16.2. The number of aryl methyl sites for hydroxylation is 2. The van der Waals surface area contributed by atoms with Crippen molar-refractivity contribution >= 4 is 17.1 Å². The molecular weight excluding hydrogens is 428 g/mol. The lowest BCUT2D eigenvalue weighted by atomic mass is 10.1. The number of nitrogens with one attached hydrogen (secondary N) is 1. The van der Waals surface area contributed by atoms with Crippen molar-refractivity contribution in [3.63, 3.8) is 0 Å². The summed E-state index contributed by atoms with van der Waals surface area (Å²) in [4.78, 5) is 37.0. The fraction of sp³-hybridized carbons (Fsp3) is 0.577. The molecule has 0 radical (unpaired) electrons. The summed E-state index contributed by atoms with van der Waals surface area (Å²) in [6.07, 6.45) is 8.47. The van der Waals surface area contributed by atoms with Crippen molar-refractivity contribution in [2.24, 2.45) is 7.05 Å². The summed E-state index contributed by atoms with van der Waals surface area (Å²) in [7, 11) is 1.67. The Balaban J connectivity index is 1.49. The lowest BCUT2D eigenvalue weighted by molar-refractivity contribution is 0.248. The van der Waals surface area contributed by atoms with Crippen molar-refractivity contribution in [2.75, 3.05) is 31.1 Å². The Kier molecular flexibility index (Phi) is 8.21. The molecule has 1 N–H and O–H groups in total. The number of nitrogens with zero attached hydrogens (tertiary/aromatic N) is 5. The van der Waals surface area contributed by atoms with Gasteiger partial charge in [-0.2, -0.15) is 4.98 Å². The first kappa shape index (κ1) is 24.3. The number of H-pyrrole nitrogens is 1. The number of rotatable bonds is 11. The Morgan fingerprint density at radius 3 is 2.29 bits per heavy atom. The zero-order valence-corrected chi connectivity index (χ0v) is 20.6. The average Bonchev–Trinajstić information content (AvgIpc) is 3.23. The Hall–Kier alpha value is -2.87. The number of benzene rings is 1. The molecule has 0 aliphatic carbocycles. The molecule has 3 aromatic rings. The van der Waals surface area contributed by atoms with Crippen LogP contribution in [-0.2, 0) is 20.1 Å². The summed E-state index contributed by atoms with van der Waals surface area (Å²) in [5, 5.41) is 0. The second-order valence-corrected chi connectivity index (χ2v) is 9.42. The van der Waals surface area contributed by atoms with Crippen LogP contribution in [0.1, 0.15) is 57.4 Å².